The van der Waals surface area contributed by atoms with Gasteiger partial charge in [-0.3, -0.25) is 0 Å². The van der Waals surface area contributed by atoms with E-state index in [1.165, 1.54) is 22.2 Å². The molecule has 0 N–H and O–H groups in total. The molecule has 0 fully saturated rings. The van der Waals surface area contributed by atoms with Gasteiger partial charge in [0.15, 0.2) is 0 Å². The lowest BCUT2D eigenvalue weighted by Gasteiger charge is -2.16. The first-order valence-electron chi connectivity index (χ1n) is 7.12. The van der Waals surface area contributed by atoms with Crippen LogP contribution in [0.25, 0.3) is 23.1 Å². The molecule has 0 radical (unpaired) electrons. The molecule has 0 amide bonds. The quantitative estimate of drug-likeness (QED) is 0.660. The van der Waals surface area contributed by atoms with E-state index in [0.717, 1.165) is 6.42 Å². The van der Waals surface area contributed by atoms with Crippen LogP contribution in [0.2, 0.25) is 0 Å². The summed E-state index contributed by atoms with van der Waals surface area (Å²) in [6, 6.07) is 9.20. The average molecular weight is 253 g/mol. The fraction of sp³-hybridized carbons (Fsp3) is 0.333. The molecule has 1 nitrogen and oxygen atoms in total. The molecule has 1 atom stereocenters. The Balaban J connectivity index is 2.86. The number of nitrogens with zero attached hydrogens (tertiary/aromatic N) is 1. The Kier molecular flexibility index (Phi) is 4.26. The van der Waals surface area contributed by atoms with Crippen molar-refractivity contribution in [1.82, 2.24) is 4.57 Å². The van der Waals surface area contributed by atoms with E-state index in [1.54, 1.807) is 0 Å². The summed E-state index contributed by atoms with van der Waals surface area (Å²) in [5.41, 5.74) is 3.98. The second-order valence-corrected chi connectivity index (χ2v) is 4.94. The molecule has 1 heterocycles. The first-order chi connectivity index (χ1) is 9.24. The molecule has 0 saturated carbocycles. The number of fused-ring (bicyclic) bond motifs is 1. The number of hydrogen-bond acceptors (Lipinski definition) is 0. The van der Waals surface area contributed by atoms with Gasteiger partial charge in [0.25, 0.3) is 0 Å². The molecule has 1 heteroatoms. The number of aromatic nitrogens is 1. The van der Waals surface area contributed by atoms with Crippen molar-refractivity contribution in [3.63, 3.8) is 0 Å². The maximum atomic E-state index is 2.46. The molecule has 0 aliphatic carbocycles. The topological polar surface area (TPSA) is 4.93 Å². The molecular formula is C18H23N. The standard InChI is InChI=1S/C18H23N/c1-5-10-15-16-12-8-9-13-18(16)19(14(4)7-3)17(15)11-6-2/h5-6,8-14H,7H2,1-4H3/b10-5-,11-6-. The van der Waals surface area contributed by atoms with Crippen molar-refractivity contribution >= 4 is 23.1 Å². The monoisotopic (exact) mass is 253 g/mol. The predicted octanol–water partition coefficient (Wildman–Crippen LogP) is 5.68. The van der Waals surface area contributed by atoms with E-state index >= 15 is 0 Å². The Labute approximate surface area is 116 Å². The fourth-order valence-corrected chi connectivity index (χ4v) is 2.64. The van der Waals surface area contributed by atoms with Crippen LogP contribution in [0.5, 0.6) is 0 Å². The summed E-state index contributed by atoms with van der Waals surface area (Å²) in [7, 11) is 0. The van der Waals surface area contributed by atoms with E-state index in [9.17, 15) is 0 Å². The summed E-state index contributed by atoms with van der Waals surface area (Å²) in [6.45, 7) is 8.69. The van der Waals surface area contributed by atoms with Crippen molar-refractivity contribution in [3.05, 3.63) is 47.7 Å². The highest BCUT2D eigenvalue weighted by molar-refractivity contribution is 5.94. The van der Waals surface area contributed by atoms with Crippen LogP contribution >= 0.6 is 0 Å². The lowest BCUT2D eigenvalue weighted by Crippen LogP contribution is -2.05. The lowest BCUT2D eigenvalue weighted by atomic mass is 10.1. The first kappa shape index (κ1) is 13.7. The van der Waals surface area contributed by atoms with Crippen LogP contribution in [0.4, 0.5) is 0 Å². The Morgan fingerprint density at radius 2 is 1.79 bits per heavy atom. The molecule has 0 bridgehead atoms. The minimum Gasteiger partial charge on any atom is -0.338 e. The maximum absolute atomic E-state index is 2.46. The highest BCUT2D eigenvalue weighted by Crippen LogP contribution is 2.32. The zero-order chi connectivity index (χ0) is 13.8. The molecule has 0 saturated heterocycles. The highest BCUT2D eigenvalue weighted by Gasteiger charge is 2.15. The molecule has 1 unspecified atom stereocenters. The summed E-state index contributed by atoms with van der Waals surface area (Å²) in [6.07, 6.45) is 9.83. The Hall–Kier alpha value is -1.76. The van der Waals surface area contributed by atoms with E-state index in [1.807, 2.05) is 0 Å². The minimum atomic E-state index is 0.509. The van der Waals surface area contributed by atoms with Crippen LogP contribution < -0.4 is 0 Å². The van der Waals surface area contributed by atoms with Gasteiger partial charge < -0.3 is 4.57 Å². The second-order valence-electron chi connectivity index (χ2n) is 4.94. The van der Waals surface area contributed by atoms with Crippen LogP contribution in [0, 0.1) is 0 Å². The number of benzene rings is 1. The van der Waals surface area contributed by atoms with Gasteiger partial charge in [-0.25, -0.2) is 0 Å². The third kappa shape index (κ3) is 2.37. The van der Waals surface area contributed by atoms with Crippen molar-refractivity contribution in [2.45, 2.75) is 40.2 Å². The van der Waals surface area contributed by atoms with E-state index < -0.39 is 0 Å². The van der Waals surface area contributed by atoms with Crippen molar-refractivity contribution in [2.24, 2.45) is 0 Å². The van der Waals surface area contributed by atoms with Gasteiger partial charge in [-0.05, 0) is 39.3 Å². The number of rotatable bonds is 4. The summed E-state index contributed by atoms with van der Waals surface area (Å²) < 4.78 is 2.46. The summed E-state index contributed by atoms with van der Waals surface area (Å²) >= 11 is 0. The molecule has 100 valence electrons. The molecule has 0 aliphatic rings. The van der Waals surface area contributed by atoms with E-state index in [2.05, 4.69) is 80.8 Å². The molecule has 19 heavy (non-hydrogen) atoms. The lowest BCUT2D eigenvalue weighted by molar-refractivity contribution is 0.545. The summed E-state index contributed by atoms with van der Waals surface area (Å²) in [5, 5.41) is 1.34. The second kappa shape index (κ2) is 5.92. The van der Waals surface area contributed by atoms with Gasteiger partial charge in [-0.1, -0.05) is 43.4 Å². The van der Waals surface area contributed by atoms with Crippen LogP contribution in [-0.4, -0.2) is 4.57 Å². The zero-order valence-corrected chi connectivity index (χ0v) is 12.4. The summed E-state index contributed by atoms with van der Waals surface area (Å²) in [4.78, 5) is 0. The first-order valence-corrected chi connectivity index (χ1v) is 7.12. The SMILES string of the molecule is C/C=C\c1c(/C=C\C)n(C(C)CC)c2ccccc12. The molecule has 1 aromatic heterocycles. The minimum absolute atomic E-state index is 0.509. The van der Waals surface area contributed by atoms with Crippen molar-refractivity contribution < 1.29 is 0 Å². The van der Waals surface area contributed by atoms with Crippen LogP contribution in [0.3, 0.4) is 0 Å². The normalized spacial score (nSPS) is 13.9. The van der Waals surface area contributed by atoms with Gasteiger partial charge in [-0.15, -0.1) is 0 Å². The highest BCUT2D eigenvalue weighted by atomic mass is 15.0. The van der Waals surface area contributed by atoms with E-state index in [-0.39, 0.29) is 0 Å². The molecule has 2 aromatic rings. The zero-order valence-electron chi connectivity index (χ0n) is 12.4. The maximum Gasteiger partial charge on any atom is 0.0493 e. The van der Waals surface area contributed by atoms with Gasteiger partial charge in [0, 0.05) is 28.2 Å². The van der Waals surface area contributed by atoms with Gasteiger partial charge in [0.2, 0.25) is 0 Å². The largest absolute Gasteiger partial charge is 0.338 e. The van der Waals surface area contributed by atoms with Crippen molar-refractivity contribution in [3.8, 4) is 0 Å². The molecular weight excluding hydrogens is 230 g/mol. The third-order valence-electron chi connectivity index (χ3n) is 3.68. The molecule has 0 spiro atoms. The Morgan fingerprint density at radius 3 is 2.42 bits per heavy atom. The number of para-hydroxylation sites is 1. The van der Waals surface area contributed by atoms with Gasteiger partial charge in [0.1, 0.15) is 0 Å². The smallest absolute Gasteiger partial charge is 0.0493 e. The van der Waals surface area contributed by atoms with Gasteiger partial charge in [0.05, 0.1) is 0 Å². The van der Waals surface area contributed by atoms with Crippen LogP contribution in [0.1, 0.15) is 51.4 Å². The molecule has 1 aromatic carbocycles. The van der Waals surface area contributed by atoms with E-state index in [4.69, 9.17) is 0 Å². The van der Waals surface area contributed by atoms with Crippen molar-refractivity contribution in [1.29, 1.82) is 0 Å². The Morgan fingerprint density at radius 1 is 1.11 bits per heavy atom. The fourth-order valence-electron chi connectivity index (χ4n) is 2.64. The molecule has 0 aliphatic heterocycles. The average Bonchev–Trinajstić information content (AvgIpc) is 2.74. The van der Waals surface area contributed by atoms with Crippen molar-refractivity contribution in [2.75, 3.05) is 0 Å². The third-order valence-corrected chi connectivity index (χ3v) is 3.68. The van der Waals surface area contributed by atoms with E-state index in [0.29, 0.717) is 6.04 Å². The van der Waals surface area contributed by atoms with Crippen LogP contribution in [-0.2, 0) is 0 Å². The summed E-state index contributed by atoms with van der Waals surface area (Å²) in [5.74, 6) is 0. The van der Waals surface area contributed by atoms with Crippen LogP contribution in [0.15, 0.2) is 36.4 Å². The Bertz CT molecular complexity index is 614. The van der Waals surface area contributed by atoms with Gasteiger partial charge in [-0.2, -0.15) is 0 Å². The van der Waals surface area contributed by atoms with Gasteiger partial charge >= 0.3 is 0 Å². The number of allylic oxidation sites excluding steroid dienone is 2. The predicted molar refractivity (Wildman–Crippen MR) is 86.4 cm³/mol. The molecule has 2 rings (SSSR count). The number of hydrogen-bond donors (Lipinski definition) is 0.